The number of rotatable bonds is 2. The second-order valence-electron chi connectivity index (χ2n) is 3.02. The van der Waals surface area contributed by atoms with E-state index in [1.54, 1.807) is 0 Å². The van der Waals surface area contributed by atoms with Crippen molar-refractivity contribution in [2.75, 3.05) is 0 Å². The molecular weight excluding hydrogens is 266 g/mol. The molecule has 0 aliphatic carbocycles. The van der Waals surface area contributed by atoms with E-state index in [-0.39, 0.29) is 11.0 Å². The normalized spacial score (nSPS) is 10.3. The lowest BCUT2D eigenvalue weighted by atomic mass is 10.4. The van der Waals surface area contributed by atoms with E-state index in [0.29, 0.717) is 4.68 Å². The minimum absolute atomic E-state index is 0.177. The van der Waals surface area contributed by atoms with Gasteiger partial charge in [-0.05, 0) is 0 Å². The highest BCUT2D eigenvalue weighted by Gasteiger charge is 2.14. The van der Waals surface area contributed by atoms with Crippen LogP contribution in [0.2, 0.25) is 5.02 Å². The number of aromatic carboxylic acids is 1. The molecule has 0 unspecified atom stereocenters. The molecule has 2 N–H and O–H groups in total. The summed E-state index contributed by atoms with van der Waals surface area (Å²) in [5.41, 5.74) is -2.05. The molecule has 92 valence electrons. The van der Waals surface area contributed by atoms with Crippen LogP contribution in [0.25, 0.3) is 5.95 Å². The summed E-state index contributed by atoms with van der Waals surface area (Å²) in [5, 5.41) is 12.1. The summed E-state index contributed by atoms with van der Waals surface area (Å²) in [6.45, 7) is 0. The monoisotopic (exact) mass is 269 g/mol. The molecule has 0 saturated carbocycles. The zero-order valence-electron chi connectivity index (χ0n) is 8.49. The third-order valence-electron chi connectivity index (χ3n) is 1.84. The molecule has 10 heteroatoms. The van der Waals surface area contributed by atoms with E-state index in [1.165, 1.54) is 0 Å². The van der Waals surface area contributed by atoms with Crippen molar-refractivity contribution < 1.29 is 9.90 Å². The summed E-state index contributed by atoms with van der Waals surface area (Å²) in [5.74, 6) is -1.68. The minimum atomic E-state index is -1.37. The highest BCUT2D eigenvalue weighted by Crippen LogP contribution is 2.12. The Bertz CT molecular complexity index is 737. The molecule has 0 spiro atoms. The Morgan fingerprint density at radius 1 is 1.39 bits per heavy atom. The van der Waals surface area contributed by atoms with Crippen LogP contribution in [0.15, 0.2) is 22.0 Å². The fraction of sp³-hybridized carbons (Fsp3) is 0. The number of aromatic amines is 1. The molecule has 0 aromatic carbocycles. The van der Waals surface area contributed by atoms with Gasteiger partial charge >= 0.3 is 11.7 Å². The lowest BCUT2D eigenvalue weighted by molar-refractivity contribution is 0.0690. The molecule has 18 heavy (non-hydrogen) atoms. The fourth-order valence-corrected chi connectivity index (χ4v) is 1.28. The van der Waals surface area contributed by atoms with Crippen molar-refractivity contribution >= 4 is 17.6 Å². The average Bonchev–Trinajstić information content (AvgIpc) is 2.30. The molecule has 2 aromatic heterocycles. The largest absolute Gasteiger partial charge is 0.476 e. The molecule has 0 aliphatic heterocycles. The third-order valence-corrected chi connectivity index (χ3v) is 2.11. The molecule has 0 bridgehead atoms. The Balaban J connectivity index is 2.65. The Hall–Kier alpha value is -2.55. The van der Waals surface area contributed by atoms with Crippen molar-refractivity contribution in [3.8, 4) is 5.95 Å². The van der Waals surface area contributed by atoms with Gasteiger partial charge in [-0.2, -0.15) is 5.10 Å². The Morgan fingerprint density at radius 2 is 2.11 bits per heavy atom. The molecule has 0 aliphatic rings. The first-order valence-corrected chi connectivity index (χ1v) is 4.81. The van der Waals surface area contributed by atoms with E-state index in [4.69, 9.17) is 16.7 Å². The lowest BCUT2D eigenvalue weighted by Gasteiger charge is -2.02. The van der Waals surface area contributed by atoms with E-state index >= 15 is 0 Å². The van der Waals surface area contributed by atoms with Crippen LogP contribution in [0.3, 0.4) is 0 Å². The van der Waals surface area contributed by atoms with E-state index in [0.717, 1.165) is 12.4 Å². The minimum Gasteiger partial charge on any atom is -0.476 e. The predicted octanol–water partition coefficient (Wildman–Crippen LogP) is -0.938. The fourth-order valence-electron chi connectivity index (χ4n) is 1.11. The van der Waals surface area contributed by atoms with Gasteiger partial charge in [-0.3, -0.25) is 9.78 Å². The van der Waals surface area contributed by atoms with Crippen molar-refractivity contribution in [1.82, 2.24) is 24.7 Å². The summed E-state index contributed by atoms with van der Waals surface area (Å²) in [6.07, 6.45) is 1.85. The van der Waals surface area contributed by atoms with Crippen LogP contribution in [-0.4, -0.2) is 35.8 Å². The highest BCUT2D eigenvalue weighted by atomic mass is 35.5. The summed E-state index contributed by atoms with van der Waals surface area (Å²) >= 11 is 5.57. The van der Waals surface area contributed by atoms with Crippen LogP contribution in [0.1, 0.15) is 10.5 Å². The highest BCUT2D eigenvalue weighted by molar-refractivity contribution is 6.33. The van der Waals surface area contributed by atoms with Crippen LogP contribution in [0.4, 0.5) is 0 Å². The maximum atomic E-state index is 11.4. The van der Waals surface area contributed by atoms with Crippen molar-refractivity contribution in [2.45, 2.75) is 0 Å². The maximum absolute atomic E-state index is 11.4. The summed E-state index contributed by atoms with van der Waals surface area (Å²) < 4.78 is 0.643. The van der Waals surface area contributed by atoms with Gasteiger partial charge in [0.15, 0.2) is 5.69 Å². The van der Waals surface area contributed by atoms with Crippen LogP contribution >= 0.6 is 11.6 Å². The summed E-state index contributed by atoms with van der Waals surface area (Å²) in [4.78, 5) is 42.2. The number of aromatic nitrogens is 5. The molecule has 0 amide bonds. The van der Waals surface area contributed by atoms with Crippen molar-refractivity contribution in [3.63, 3.8) is 0 Å². The number of nitrogens with one attached hydrogen (secondary N) is 1. The second kappa shape index (κ2) is 4.37. The first-order chi connectivity index (χ1) is 8.49. The smallest absolute Gasteiger partial charge is 0.356 e. The first kappa shape index (κ1) is 11.9. The van der Waals surface area contributed by atoms with Crippen molar-refractivity contribution in [3.05, 3.63) is 43.9 Å². The van der Waals surface area contributed by atoms with E-state index in [2.05, 4.69) is 15.1 Å². The molecule has 0 saturated heterocycles. The molecule has 2 heterocycles. The molecule has 0 fully saturated rings. The number of nitrogens with zero attached hydrogens (tertiary/aromatic N) is 4. The topological polar surface area (TPSA) is 131 Å². The zero-order valence-corrected chi connectivity index (χ0v) is 9.25. The zero-order chi connectivity index (χ0) is 13.3. The van der Waals surface area contributed by atoms with Gasteiger partial charge in [0.1, 0.15) is 6.20 Å². The number of carboxylic acids is 1. The van der Waals surface area contributed by atoms with Gasteiger partial charge in [-0.25, -0.2) is 19.6 Å². The number of carbonyl (C=O) groups is 1. The number of hydrogen-bond acceptors (Lipinski definition) is 6. The van der Waals surface area contributed by atoms with E-state index in [1.807, 2.05) is 4.98 Å². The van der Waals surface area contributed by atoms with Gasteiger partial charge in [-0.1, -0.05) is 11.6 Å². The van der Waals surface area contributed by atoms with Gasteiger partial charge in [0.05, 0.1) is 11.2 Å². The molecular formula is C8H4ClN5O4. The van der Waals surface area contributed by atoms with Gasteiger partial charge in [-0.15, -0.1) is 4.68 Å². The second-order valence-corrected chi connectivity index (χ2v) is 3.43. The van der Waals surface area contributed by atoms with Gasteiger partial charge < -0.3 is 5.11 Å². The van der Waals surface area contributed by atoms with E-state index in [9.17, 15) is 14.4 Å². The molecule has 0 radical (unpaired) electrons. The molecule has 2 rings (SSSR count). The Morgan fingerprint density at radius 3 is 2.72 bits per heavy atom. The van der Waals surface area contributed by atoms with Crippen LogP contribution in [0.5, 0.6) is 0 Å². The SMILES string of the molecule is O=C(O)c1nc(-n2ncc(=O)[nH]c2=O)ncc1Cl. The van der Waals surface area contributed by atoms with Crippen molar-refractivity contribution in [1.29, 1.82) is 0 Å². The molecule has 9 nitrogen and oxygen atoms in total. The third kappa shape index (κ3) is 2.11. The Kier molecular flexibility index (Phi) is 2.90. The summed E-state index contributed by atoms with van der Waals surface area (Å²) in [7, 11) is 0. The maximum Gasteiger partial charge on any atom is 0.356 e. The van der Waals surface area contributed by atoms with Gasteiger partial charge in [0.25, 0.3) is 11.5 Å². The number of carboxylic acid groups (broad SMARTS) is 1. The van der Waals surface area contributed by atoms with Crippen LogP contribution in [-0.2, 0) is 0 Å². The average molecular weight is 270 g/mol. The number of halogens is 1. The Labute approximate surface area is 103 Å². The van der Waals surface area contributed by atoms with Crippen molar-refractivity contribution in [2.24, 2.45) is 0 Å². The standard InChI is InChI=1S/C8H4ClN5O4/c9-3-1-10-7(13-5(3)6(16)17)14-8(18)12-4(15)2-11-14/h1-2H,(H,16,17)(H,12,15,18). The predicted molar refractivity (Wildman–Crippen MR) is 58.0 cm³/mol. The van der Waals surface area contributed by atoms with E-state index < -0.39 is 22.9 Å². The quantitative estimate of drug-likeness (QED) is 0.719. The van der Waals surface area contributed by atoms with Gasteiger partial charge in [0, 0.05) is 0 Å². The lowest BCUT2D eigenvalue weighted by Crippen LogP contribution is -2.31. The van der Waals surface area contributed by atoms with Crippen LogP contribution < -0.4 is 11.2 Å². The first-order valence-electron chi connectivity index (χ1n) is 4.44. The van der Waals surface area contributed by atoms with Crippen LogP contribution in [0, 0.1) is 0 Å². The summed E-state index contributed by atoms with van der Waals surface area (Å²) in [6, 6.07) is 0. The molecule has 0 atom stereocenters. The molecule has 2 aromatic rings. The number of H-pyrrole nitrogens is 1. The number of hydrogen-bond donors (Lipinski definition) is 2. The van der Waals surface area contributed by atoms with Gasteiger partial charge in [0.2, 0.25) is 0 Å².